The molecule has 1 amide bonds. The third-order valence-electron chi connectivity index (χ3n) is 5.04. The summed E-state index contributed by atoms with van der Waals surface area (Å²) in [5.41, 5.74) is 1.27. The van der Waals surface area contributed by atoms with E-state index in [9.17, 15) is 9.59 Å². The molecule has 0 saturated carbocycles. The molecule has 1 saturated heterocycles. The van der Waals surface area contributed by atoms with Crippen LogP contribution >= 0.6 is 15.9 Å². The molecule has 1 aliphatic rings. The van der Waals surface area contributed by atoms with E-state index in [1.807, 2.05) is 18.2 Å². The molecule has 6 nitrogen and oxygen atoms in total. The number of amides is 1. The summed E-state index contributed by atoms with van der Waals surface area (Å²) in [6.07, 6.45) is 0. The van der Waals surface area contributed by atoms with E-state index in [1.165, 1.54) is 6.07 Å². The van der Waals surface area contributed by atoms with Crippen LogP contribution in [0.5, 0.6) is 0 Å². The molecule has 2 heterocycles. The van der Waals surface area contributed by atoms with Crippen LogP contribution in [0.1, 0.15) is 22.2 Å². The van der Waals surface area contributed by atoms with Gasteiger partial charge in [-0.2, -0.15) is 0 Å². The van der Waals surface area contributed by atoms with Crippen LogP contribution in [0.4, 0.5) is 0 Å². The van der Waals surface area contributed by atoms with Crippen LogP contribution < -0.4 is 10.7 Å². The first-order valence-corrected chi connectivity index (χ1v) is 10.3. The third-order valence-corrected chi connectivity index (χ3v) is 5.53. The van der Waals surface area contributed by atoms with Crippen molar-refractivity contribution >= 4 is 32.8 Å². The van der Waals surface area contributed by atoms with E-state index in [4.69, 9.17) is 9.15 Å². The predicted octanol–water partition coefficient (Wildman–Crippen LogP) is 3.36. The summed E-state index contributed by atoms with van der Waals surface area (Å²) in [6.45, 7) is 3.36. The monoisotopic (exact) mass is 456 g/mol. The minimum absolute atomic E-state index is 0.0126. The summed E-state index contributed by atoms with van der Waals surface area (Å²) in [4.78, 5) is 27.4. The Balaban J connectivity index is 1.54. The van der Waals surface area contributed by atoms with Crippen molar-refractivity contribution in [2.75, 3.05) is 32.8 Å². The van der Waals surface area contributed by atoms with E-state index in [2.05, 4.69) is 38.3 Å². The van der Waals surface area contributed by atoms with Crippen molar-refractivity contribution in [2.24, 2.45) is 0 Å². The average Bonchev–Trinajstić information content (AvgIpc) is 2.75. The Labute approximate surface area is 176 Å². The molecule has 0 aliphatic carbocycles. The van der Waals surface area contributed by atoms with Gasteiger partial charge in [-0.3, -0.25) is 14.5 Å². The van der Waals surface area contributed by atoms with Crippen molar-refractivity contribution in [3.8, 4) is 0 Å². The van der Waals surface area contributed by atoms with E-state index < -0.39 is 5.91 Å². The van der Waals surface area contributed by atoms with Gasteiger partial charge in [-0.1, -0.05) is 46.3 Å². The van der Waals surface area contributed by atoms with Crippen LogP contribution in [-0.2, 0) is 4.74 Å². The summed E-state index contributed by atoms with van der Waals surface area (Å²) in [7, 11) is 0. The fourth-order valence-corrected chi connectivity index (χ4v) is 3.90. The van der Waals surface area contributed by atoms with E-state index in [1.54, 1.807) is 18.2 Å². The van der Waals surface area contributed by atoms with Gasteiger partial charge in [0.1, 0.15) is 5.58 Å². The number of hydrogen-bond acceptors (Lipinski definition) is 5. The Morgan fingerprint density at radius 2 is 1.86 bits per heavy atom. The minimum Gasteiger partial charge on any atom is -0.451 e. The first kappa shape index (κ1) is 19.8. The maximum absolute atomic E-state index is 12.7. The first-order chi connectivity index (χ1) is 14.1. The van der Waals surface area contributed by atoms with Crippen molar-refractivity contribution in [2.45, 2.75) is 6.04 Å². The average molecular weight is 457 g/mol. The fourth-order valence-electron chi connectivity index (χ4n) is 3.54. The summed E-state index contributed by atoms with van der Waals surface area (Å²) >= 11 is 3.34. The van der Waals surface area contributed by atoms with E-state index in [0.717, 1.165) is 23.1 Å². The number of hydrogen-bond donors (Lipinski definition) is 1. The molecule has 1 fully saturated rings. The summed E-state index contributed by atoms with van der Waals surface area (Å²) in [6, 6.07) is 16.5. The molecule has 3 aromatic rings. The second-order valence-electron chi connectivity index (χ2n) is 6.90. The normalized spacial score (nSPS) is 15.9. The van der Waals surface area contributed by atoms with Gasteiger partial charge in [-0.05, 0) is 23.8 Å². The topological polar surface area (TPSA) is 71.8 Å². The van der Waals surface area contributed by atoms with Crippen LogP contribution in [0.3, 0.4) is 0 Å². The van der Waals surface area contributed by atoms with Gasteiger partial charge in [-0.15, -0.1) is 0 Å². The number of carbonyl (C=O) groups excluding carboxylic acids is 1. The van der Waals surface area contributed by atoms with Gasteiger partial charge in [0.05, 0.1) is 24.6 Å². The highest BCUT2D eigenvalue weighted by molar-refractivity contribution is 9.10. The number of nitrogens with zero attached hydrogens (tertiary/aromatic N) is 1. The first-order valence-electron chi connectivity index (χ1n) is 9.50. The van der Waals surface area contributed by atoms with Gasteiger partial charge < -0.3 is 14.5 Å². The number of nitrogens with one attached hydrogen (secondary N) is 1. The number of carbonyl (C=O) groups is 1. The molecule has 29 heavy (non-hydrogen) atoms. The van der Waals surface area contributed by atoms with Crippen LogP contribution in [0, 0.1) is 0 Å². The second kappa shape index (κ2) is 8.90. The Morgan fingerprint density at radius 3 is 2.62 bits per heavy atom. The highest BCUT2D eigenvalue weighted by atomic mass is 79.9. The number of rotatable bonds is 5. The van der Waals surface area contributed by atoms with Gasteiger partial charge in [0.2, 0.25) is 0 Å². The lowest BCUT2D eigenvalue weighted by Crippen LogP contribution is -2.43. The molecule has 0 bridgehead atoms. The Kier molecular flexibility index (Phi) is 6.08. The number of benzene rings is 2. The lowest BCUT2D eigenvalue weighted by atomic mass is 10.0. The smallest absolute Gasteiger partial charge is 0.287 e. The molecular weight excluding hydrogens is 436 g/mol. The van der Waals surface area contributed by atoms with Crippen molar-refractivity contribution in [3.63, 3.8) is 0 Å². The Bertz CT molecular complexity index is 1060. The van der Waals surface area contributed by atoms with Crippen molar-refractivity contribution in [3.05, 3.63) is 80.6 Å². The maximum Gasteiger partial charge on any atom is 0.287 e. The van der Waals surface area contributed by atoms with E-state index in [-0.39, 0.29) is 17.2 Å². The molecule has 1 atom stereocenters. The zero-order valence-corrected chi connectivity index (χ0v) is 17.4. The summed E-state index contributed by atoms with van der Waals surface area (Å²) in [5.74, 6) is -0.389. The molecule has 1 unspecified atom stereocenters. The highest BCUT2D eigenvalue weighted by Gasteiger charge is 2.24. The minimum atomic E-state index is -0.402. The quantitative estimate of drug-likeness (QED) is 0.637. The van der Waals surface area contributed by atoms with Crippen molar-refractivity contribution in [1.29, 1.82) is 0 Å². The molecule has 150 valence electrons. The van der Waals surface area contributed by atoms with E-state index >= 15 is 0 Å². The van der Waals surface area contributed by atoms with Crippen LogP contribution in [0.25, 0.3) is 11.0 Å². The lowest BCUT2D eigenvalue weighted by molar-refractivity contribution is 0.0161. The molecule has 1 aliphatic heterocycles. The standard InChI is InChI=1S/C22H21BrN2O4/c23-16-6-7-20-17(12-16)19(26)13-21(29-20)22(27)24-14-18(15-4-2-1-3-5-15)25-8-10-28-11-9-25/h1-7,12-13,18H,8-11,14H2,(H,24,27). The van der Waals surface area contributed by atoms with Gasteiger partial charge in [0.15, 0.2) is 11.2 Å². The molecular formula is C22H21BrN2O4. The molecule has 2 aromatic carbocycles. The number of ether oxygens (including phenoxy) is 1. The van der Waals surface area contributed by atoms with Crippen LogP contribution in [-0.4, -0.2) is 43.7 Å². The molecule has 0 radical (unpaired) electrons. The van der Waals surface area contributed by atoms with Gasteiger partial charge in [0.25, 0.3) is 5.91 Å². The fraction of sp³-hybridized carbons (Fsp3) is 0.273. The SMILES string of the molecule is O=C(NCC(c1ccccc1)N1CCOCC1)c1cc(=O)c2cc(Br)ccc2o1. The zero-order valence-electron chi connectivity index (χ0n) is 15.8. The second-order valence-corrected chi connectivity index (χ2v) is 7.82. The Morgan fingerprint density at radius 1 is 1.10 bits per heavy atom. The van der Waals surface area contributed by atoms with Crippen LogP contribution in [0.2, 0.25) is 0 Å². The molecule has 0 spiro atoms. The maximum atomic E-state index is 12.7. The van der Waals surface area contributed by atoms with Crippen molar-refractivity contribution in [1.82, 2.24) is 10.2 Å². The van der Waals surface area contributed by atoms with E-state index in [0.29, 0.717) is 30.7 Å². The number of fused-ring (bicyclic) bond motifs is 1. The zero-order chi connectivity index (χ0) is 20.2. The summed E-state index contributed by atoms with van der Waals surface area (Å²) < 4.78 is 11.9. The van der Waals surface area contributed by atoms with Gasteiger partial charge in [0, 0.05) is 30.2 Å². The predicted molar refractivity (Wildman–Crippen MR) is 114 cm³/mol. The van der Waals surface area contributed by atoms with Crippen molar-refractivity contribution < 1.29 is 13.9 Å². The molecule has 1 N–H and O–H groups in total. The summed E-state index contributed by atoms with van der Waals surface area (Å²) in [5, 5.41) is 3.37. The molecule has 4 rings (SSSR count). The molecule has 7 heteroatoms. The van der Waals surface area contributed by atoms with Crippen LogP contribution in [0.15, 0.2) is 68.3 Å². The van der Waals surface area contributed by atoms with Gasteiger partial charge >= 0.3 is 0 Å². The van der Waals surface area contributed by atoms with Gasteiger partial charge in [-0.25, -0.2) is 0 Å². The highest BCUT2D eigenvalue weighted by Crippen LogP contribution is 2.22. The Hall–Kier alpha value is -2.48. The largest absolute Gasteiger partial charge is 0.451 e. The third kappa shape index (κ3) is 4.58. The molecule has 1 aromatic heterocycles. The number of morpholine rings is 1. The number of halogens is 1. The lowest BCUT2D eigenvalue weighted by Gasteiger charge is -2.34.